The molecule has 1 amide bonds. The number of carbonyl (C=O) groups excluding carboxylic acids is 4. The third kappa shape index (κ3) is 10.5. The van der Waals surface area contributed by atoms with Crippen LogP contribution in [0, 0.1) is 23.7 Å². The summed E-state index contributed by atoms with van der Waals surface area (Å²) in [5, 5.41) is 2.87. The molecule has 0 saturated carbocycles. The molecule has 5 saturated heterocycles. The molecule has 5 aliphatic rings. The van der Waals surface area contributed by atoms with E-state index in [1.807, 2.05) is 48.7 Å². The molecule has 18 atom stereocenters. The van der Waals surface area contributed by atoms with Gasteiger partial charge in [-0.1, -0.05) is 27.7 Å². The summed E-state index contributed by atoms with van der Waals surface area (Å²) in [5.41, 5.74) is -3.55. The van der Waals surface area contributed by atoms with Crippen LogP contribution in [0.15, 0.2) is 0 Å². The molecule has 0 aromatic rings. The second-order valence-electron chi connectivity index (χ2n) is 19.4. The summed E-state index contributed by atoms with van der Waals surface area (Å²) >= 11 is 0. The molecule has 0 aromatic heterocycles. The fraction of sp³-hybridized carbons (Fsp3) is 0.911. The molecule has 0 unspecified atom stereocenters. The Hall–Kier alpha value is -2.48. The van der Waals surface area contributed by atoms with E-state index in [0.29, 0.717) is 19.6 Å². The maximum Gasteiger partial charge on any atom is 0.408 e. The van der Waals surface area contributed by atoms with Crippen LogP contribution in [0.5, 0.6) is 0 Å². The molecule has 5 heterocycles. The van der Waals surface area contributed by atoms with E-state index in [-0.39, 0.29) is 36.8 Å². The zero-order valence-corrected chi connectivity index (χ0v) is 39.9. The van der Waals surface area contributed by atoms with Crippen molar-refractivity contribution in [1.82, 2.24) is 15.1 Å². The van der Waals surface area contributed by atoms with Gasteiger partial charge in [0.05, 0.1) is 61.2 Å². The van der Waals surface area contributed by atoms with Crippen molar-refractivity contribution in [2.45, 2.75) is 186 Å². The van der Waals surface area contributed by atoms with E-state index < -0.39 is 108 Å². The number of esters is 2. The topological polar surface area (TPSA) is 179 Å². The van der Waals surface area contributed by atoms with Gasteiger partial charge in [0.2, 0.25) is 0 Å². The number of ketones is 1. The van der Waals surface area contributed by atoms with E-state index in [2.05, 4.69) is 22.0 Å². The first kappa shape index (κ1) is 50.5. The number of fused-ring (bicyclic) bond motifs is 1. The number of ether oxygens (including phenoxy) is 10. The molecule has 5 aliphatic heterocycles. The number of amides is 1. The Kier molecular flexibility index (Phi) is 16.6. The van der Waals surface area contributed by atoms with Crippen LogP contribution in [-0.4, -0.2) is 172 Å². The zero-order valence-electron chi connectivity index (χ0n) is 39.9. The van der Waals surface area contributed by atoms with Crippen molar-refractivity contribution in [2.75, 3.05) is 54.6 Å². The van der Waals surface area contributed by atoms with Gasteiger partial charge >= 0.3 is 18.0 Å². The molecule has 356 valence electrons. The van der Waals surface area contributed by atoms with Gasteiger partial charge in [0.25, 0.3) is 0 Å². The molecule has 5 rings (SSSR count). The molecule has 0 bridgehead atoms. The summed E-state index contributed by atoms with van der Waals surface area (Å²) in [6, 6.07) is -0.939. The number of rotatable bonds is 10. The van der Waals surface area contributed by atoms with Crippen LogP contribution in [-0.2, 0) is 61.8 Å². The minimum atomic E-state index is -1.36. The van der Waals surface area contributed by atoms with Gasteiger partial charge in [-0.2, -0.15) is 0 Å². The summed E-state index contributed by atoms with van der Waals surface area (Å²) < 4.78 is 63.9. The van der Waals surface area contributed by atoms with Gasteiger partial charge in [0.15, 0.2) is 24.3 Å². The third-order valence-corrected chi connectivity index (χ3v) is 14.6. The molecule has 0 radical (unpaired) electrons. The number of morpholine rings is 1. The Morgan fingerprint density at radius 1 is 0.887 bits per heavy atom. The lowest BCUT2D eigenvalue weighted by atomic mass is 9.73. The number of methoxy groups -OCH3 is 2. The van der Waals surface area contributed by atoms with Crippen LogP contribution in [0.3, 0.4) is 0 Å². The largest absolute Gasteiger partial charge is 0.458 e. The number of cyclic esters (lactones) is 1. The molecule has 17 nitrogen and oxygen atoms in total. The molecule has 1 N–H and O–H groups in total. The zero-order chi connectivity index (χ0) is 46.1. The molecule has 17 heteroatoms. The van der Waals surface area contributed by atoms with Gasteiger partial charge in [0.1, 0.15) is 17.5 Å². The highest BCUT2D eigenvalue weighted by atomic mass is 16.7. The third-order valence-electron chi connectivity index (χ3n) is 14.6. The first-order chi connectivity index (χ1) is 29.0. The number of carbonyl (C=O) groups is 4. The van der Waals surface area contributed by atoms with Crippen molar-refractivity contribution >= 4 is 23.8 Å². The SMILES string of the molecule is CC[C@H]1OC(=O)[C@H](C)[C@@H](O[C@H]2C[C@@](C)(OC)[C@@H](OC(C)=O)[C@H](C)O2)[C@H](C)[C@@H](O[C@@H]2O[C@H](C)C[C@@H](N3CCOCC3)[C@@H]2N(C)C)[C@@](C)(OC)C[C@@H](C)C(=O)[C@H](C)[C@H]2NC(=O)O[C@@]21C. The Bertz CT molecular complexity index is 1560. The van der Waals surface area contributed by atoms with Crippen molar-refractivity contribution in [1.29, 1.82) is 0 Å². The monoisotopic (exact) mass is 884 g/mol. The summed E-state index contributed by atoms with van der Waals surface area (Å²) in [7, 11) is 7.19. The molecule has 0 aromatic carbocycles. The van der Waals surface area contributed by atoms with Gasteiger partial charge in [-0.05, 0) is 74.9 Å². The highest BCUT2D eigenvalue weighted by molar-refractivity contribution is 5.85. The highest BCUT2D eigenvalue weighted by Gasteiger charge is 2.58. The van der Waals surface area contributed by atoms with Gasteiger partial charge in [0, 0.05) is 64.4 Å². The second kappa shape index (κ2) is 20.4. The van der Waals surface area contributed by atoms with Gasteiger partial charge in [-0.25, -0.2) is 4.79 Å². The second-order valence-corrected chi connectivity index (χ2v) is 19.4. The van der Waals surface area contributed by atoms with E-state index in [4.69, 9.17) is 47.4 Å². The van der Waals surface area contributed by atoms with Crippen LogP contribution in [0.25, 0.3) is 0 Å². The standard InChI is InChI=1S/C45H77N3O14/c1-16-32-45(11)37(46-42(52)62-45)26(4)35(50)24(2)22-43(9,53-14)38(61-41-34(47(12)13)31(21-25(3)56-41)48-17-19-55-20-18-48)27(5)36(28(6)40(51)59-32)60-33-23-44(10,54-15)39(29(7)57-33)58-30(8)49/h24-29,31-34,36-39,41H,16-23H2,1-15H3,(H,46,52)/t24-,25-,26+,27+,28-,29+,31-,32-,33+,34+,36+,37-,38-,39+,41+,43+,44-,45-/m1/s1. The van der Waals surface area contributed by atoms with Crippen LogP contribution >= 0.6 is 0 Å². The number of likely N-dealkylation sites (N-methyl/N-ethyl adjacent to an activating group) is 1. The Labute approximate surface area is 369 Å². The summed E-state index contributed by atoms with van der Waals surface area (Å²) in [4.78, 5) is 59.1. The van der Waals surface area contributed by atoms with Gasteiger partial charge < -0.3 is 57.6 Å². The number of nitrogens with one attached hydrogen (secondary N) is 1. The molecular formula is C45H77N3O14. The van der Waals surface area contributed by atoms with Crippen LogP contribution in [0.2, 0.25) is 0 Å². The van der Waals surface area contributed by atoms with Gasteiger partial charge in [-0.15, -0.1) is 0 Å². The molecular weight excluding hydrogens is 807 g/mol. The van der Waals surface area contributed by atoms with Crippen LogP contribution in [0.1, 0.15) is 102 Å². The van der Waals surface area contributed by atoms with E-state index in [1.165, 1.54) is 6.92 Å². The number of nitrogens with zero attached hydrogens (tertiary/aromatic N) is 2. The fourth-order valence-electron chi connectivity index (χ4n) is 11.1. The lowest BCUT2D eigenvalue weighted by molar-refractivity contribution is -0.315. The molecule has 62 heavy (non-hydrogen) atoms. The van der Waals surface area contributed by atoms with Crippen LogP contribution in [0.4, 0.5) is 4.79 Å². The van der Waals surface area contributed by atoms with Crippen molar-refractivity contribution in [2.24, 2.45) is 23.7 Å². The normalized spacial score (nSPS) is 45.4. The molecule has 5 fully saturated rings. The van der Waals surface area contributed by atoms with E-state index in [9.17, 15) is 19.2 Å². The Balaban J connectivity index is 1.64. The number of hydrogen-bond donors (Lipinski definition) is 1. The maximum absolute atomic E-state index is 14.7. The number of hydrogen-bond acceptors (Lipinski definition) is 16. The van der Waals surface area contributed by atoms with Crippen molar-refractivity contribution < 1.29 is 66.5 Å². The number of alkyl carbamates (subject to hydrolysis) is 1. The van der Waals surface area contributed by atoms with Gasteiger partial charge in [-0.3, -0.25) is 19.3 Å². The first-order valence-electron chi connectivity index (χ1n) is 22.6. The predicted molar refractivity (Wildman–Crippen MR) is 226 cm³/mol. The number of Topliss-reactive ketones (excluding diaryl/α,β-unsaturated/α-hetero) is 1. The van der Waals surface area contributed by atoms with E-state index in [1.54, 1.807) is 41.9 Å². The average molecular weight is 884 g/mol. The van der Waals surface area contributed by atoms with Crippen molar-refractivity contribution in [3.63, 3.8) is 0 Å². The van der Waals surface area contributed by atoms with Crippen LogP contribution < -0.4 is 5.32 Å². The minimum Gasteiger partial charge on any atom is -0.458 e. The Morgan fingerprint density at radius 3 is 2.10 bits per heavy atom. The maximum atomic E-state index is 14.7. The summed E-state index contributed by atoms with van der Waals surface area (Å²) in [6.07, 6.45) is -5.21. The van der Waals surface area contributed by atoms with Crippen molar-refractivity contribution in [3.05, 3.63) is 0 Å². The lowest BCUT2D eigenvalue weighted by Crippen LogP contribution is -2.65. The quantitative estimate of drug-likeness (QED) is 0.245. The summed E-state index contributed by atoms with van der Waals surface area (Å²) in [6.45, 7) is 22.7. The average Bonchev–Trinajstić information content (AvgIpc) is 3.54. The highest BCUT2D eigenvalue weighted by Crippen LogP contribution is 2.43. The minimum absolute atomic E-state index is 0.0747. The fourth-order valence-corrected chi connectivity index (χ4v) is 11.1. The van der Waals surface area contributed by atoms with E-state index in [0.717, 1.165) is 19.5 Å². The first-order valence-corrected chi connectivity index (χ1v) is 22.6. The predicted octanol–water partition coefficient (Wildman–Crippen LogP) is 4.11. The lowest BCUT2D eigenvalue weighted by Gasteiger charge is -2.52. The van der Waals surface area contributed by atoms with E-state index >= 15 is 0 Å². The summed E-state index contributed by atoms with van der Waals surface area (Å²) in [5.74, 6) is -4.09. The molecule has 0 spiro atoms. The molecule has 0 aliphatic carbocycles. The Morgan fingerprint density at radius 2 is 1.52 bits per heavy atom. The smallest absolute Gasteiger partial charge is 0.408 e. The van der Waals surface area contributed by atoms with Crippen molar-refractivity contribution in [3.8, 4) is 0 Å².